The summed E-state index contributed by atoms with van der Waals surface area (Å²) in [5.74, 6) is 0. The van der Waals surface area contributed by atoms with E-state index in [-0.39, 0.29) is 0 Å². The number of rotatable bonds is 1. The van der Waals surface area contributed by atoms with Crippen LogP contribution in [0.15, 0.2) is 27.2 Å². The maximum absolute atomic E-state index is 4.28. The van der Waals surface area contributed by atoms with Crippen LogP contribution in [-0.2, 0) is 0 Å². The zero-order valence-electron chi connectivity index (χ0n) is 6.98. The van der Waals surface area contributed by atoms with E-state index in [2.05, 4.69) is 55.9 Å². The molecule has 66 valence electrons. The van der Waals surface area contributed by atoms with Crippen molar-refractivity contribution in [2.75, 3.05) is 6.54 Å². The highest BCUT2D eigenvalue weighted by molar-refractivity contribution is 9.18. The summed E-state index contributed by atoms with van der Waals surface area (Å²) in [7, 11) is 0. The molecule has 0 radical (unpaired) electrons. The van der Waals surface area contributed by atoms with Gasteiger partial charge in [-0.1, -0.05) is 34.5 Å². The van der Waals surface area contributed by atoms with Gasteiger partial charge in [-0.2, -0.15) is 0 Å². The second kappa shape index (κ2) is 4.97. The number of hydrogen-bond donors (Lipinski definition) is 0. The average molecular weight is 293 g/mol. The Morgan fingerprint density at radius 2 is 2.25 bits per heavy atom. The van der Waals surface area contributed by atoms with Crippen LogP contribution in [0.5, 0.6) is 0 Å². The van der Waals surface area contributed by atoms with Crippen molar-refractivity contribution in [3.63, 3.8) is 0 Å². The summed E-state index contributed by atoms with van der Waals surface area (Å²) < 4.78 is 2.19. The van der Waals surface area contributed by atoms with Gasteiger partial charge in [0.1, 0.15) is 4.62 Å². The van der Waals surface area contributed by atoms with Crippen LogP contribution in [-0.4, -0.2) is 11.2 Å². The van der Waals surface area contributed by atoms with Crippen molar-refractivity contribution in [2.24, 2.45) is 4.99 Å². The van der Waals surface area contributed by atoms with Gasteiger partial charge >= 0.3 is 0 Å². The minimum absolute atomic E-state index is 0.759. The number of halogens is 2. The average Bonchev–Trinajstić information content (AvgIpc) is 2.00. The lowest BCUT2D eigenvalue weighted by atomic mass is 10.1. The molecule has 0 saturated carbocycles. The van der Waals surface area contributed by atoms with E-state index in [1.54, 1.807) is 0 Å². The van der Waals surface area contributed by atoms with Crippen LogP contribution in [0.4, 0.5) is 0 Å². The lowest BCUT2D eigenvalue weighted by molar-refractivity contribution is 1.02. The standard InChI is InChI=1S/C9H11Br2N/c1-2-7-5-8(10)3-4-12-9(11)6-7/h3,6H,2,4-5H2,1H3/b7-6-,8-3-,12-9+. The first kappa shape index (κ1) is 10.2. The van der Waals surface area contributed by atoms with Crippen molar-refractivity contribution < 1.29 is 0 Å². The molecular formula is C9H11Br2N. The molecule has 0 spiro atoms. The fourth-order valence-electron chi connectivity index (χ4n) is 1.01. The minimum atomic E-state index is 0.759. The van der Waals surface area contributed by atoms with E-state index < -0.39 is 0 Å². The van der Waals surface area contributed by atoms with Crippen LogP contribution in [0, 0.1) is 0 Å². The van der Waals surface area contributed by atoms with Gasteiger partial charge in [0.05, 0.1) is 6.54 Å². The number of aliphatic imine (C=N–C) groups is 1. The first-order chi connectivity index (χ1) is 5.72. The molecule has 0 aromatic heterocycles. The molecule has 0 saturated heterocycles. The maximum Gasteiger partial charge on any atom is 0.100 e. The SMILES string of the molecule is CC/C1=C/C(Br)=N\C/C=C(\Br)C1. The lowest BCUT2D eigenvalue weighted by Gasteiger charge is -2.06. The molecule has 3 heteroatoms. The molecule has 0 amide bonds. The summed E-state index contributed by atoms with van der Waals surface area (Å²) in [5.41, 5.74) is 1.40. The largest absolute Gasteiger partial charge is 0.274 e. The Bertz CT molecular complexity index is 251. The molecule has 0 aliphatic carbocycles. The Morgan fingerprint density at radius 3 is 2.92 bits per heavy atom. The molecule has 0 atom stereocenters. The van der Waals surface area contributed by atoms with Gasteiger partial charge in [-0.05, 0) is 32.9 Å². The van der Waals surface area contributed by atoms with Crippen LogP contribution >= 0.6 is 31.9 Å². The van der Waals surface area contributed by atoms with Gasteiger partial charge < -0.3 is 0 Å². The predicted octanol–water partition coefficient (Wildman–Crippen LogP) is 3.80. The number of hydrogen-bond acceptors (Lipinski definition) is 1. The van der Waals surface area contributed by atoms with Crippen molar-refractivity contribution in [3.8, 4) is 0 Å². The molecule has 0 aromatic carbocycles. The molecule has 0 bridgehead atoms. The van der Waals surface area contributed by atoms with E-state index in [9.17, 15) is 0 Å². The van der Waals surface area contributed by atoms with Gasteiger partial charge in [0.15, 0.2) is 0 Å². The summed E-state index contributed by atoms with van der Waals surface area (Å²) >= 11 is 6.91. The number of nitrogens with zero attached hydrogens (tertiary/aromatic N) is 1. The van der Waals surface area contributed by atoms with Gasteiger partial charge in [0.25, 0.3) is 0 Å². The minimum Gasteiger partial charge on any atom is -0.274 e. The van der Waals surface area contributed by atoms with Crippen molar-refractivity contribution >= 4 is 36.5 Å². The highest BCUT2D eigenvalue weighted by atomic mass is 79.9. The molecule has 1 heterocycles. The highest BCUT2D eigenvalue weighted by Crippen LogP contribution is 2.21. The second-order valence-corrected chi connectivity index (χ2v) is 4.48. The van der Waals surface area contributed by atoms with Crippen LogP contribution in [0.3, 0.4) is 0 Å². The third-order valence-electron chi connectivity index (χ3n) is 1.73. The van der Waals surface area contributed by atoms with Crippen molar-refractivity contribution in [3.05, 3.63) is 22.2 Å². The Hall–Kier alpha value is 0.110. The van der Waals surface area contributed by atoms with Crippen LogP contribution in [0.1, 0.15) is 19.8 Å². The van der Waals surface area contributed by atoms with Gasteiger partial charge in [-0.15, -0.1) is 0 Å². The van der Waals surface area contributed by atoms with Crippen molar-refractivity contribution in [1.82, 2.24) is 0 Å². The zero-order valence-corrected chi connectivity index (χ0v) is 10.2. The first-order valence-corrected chi connectivity index (χ1v) is 5.55. The Labute approximate surface area is 89.9 Å². The van der Waals surface area contributed by atoms with E-state index >= 15 is 0 Å². The zero-order chi connectivity index (χ0) is 8.97. The smallest absolute Gasteiger partial charge is 0.100 e. The first-order valence-electron chi connectivity index (χ1n) is 3.96. The molecule has 1 aliphatic rings. The monoisotopic (exact) mass is 291 g/mol. The predicted molar refractivity (Wildman–Crippen MR) is 61.2 cm³/mol. The molecule has 0 fully saturated rings. The lowest BCUT2D eigenvalue weighted by Crippen LogP contribution is -1.93. The summed E-state index contributed by atoms with van der Waals surface area (Å²) in [6.45, 7) is 2.92. The Balaban J connectivity index is 2.84. The third kappa shape index (κ3) is 3.23. The van der Waals surface area contributed by atoms with E-state index in [1.165, 1.54) is 10.1 Å². The van der Waals surface area contributed by atoms with Crippen LogP contribution < -0.4 is 0 Å². The van der Waals surface area contributed by atoms with Gasteiger partial charge in [0.2, 0.25) is 0 Å². The summed E-state index contributed by atoms with van der Waals surface area (Å²) in [6, 6.07) is 0. The molecule has 12 heavy (non-hydrogen) atoms. The van der Waals surface area contributed by atoms with Crippen LogP contribution in [0.2, 0.25) is 0 Å². The van der Waals surface area contributed by atoms with Gasteiger partial charge in [-0.3, -0.25) is 4.99 Å². The fourth-order valence-corrected chi connectivity index (χ4v) is 1.99. The fraction of sp³-hybridized carbons (Fsp3) is 0.444. The summed E-state index contributed by atoms with van der Waals surface area (Å²) in [5, 5.41) is 0. The molecule has 0 unspecified atom stereocenters. The van der Waals surface area contributed by atoms with E-state index in [0.717, 1.165) is 24.0 Å². The normalized spacial score (nSPS) is 31.8. The van der Waals surface area contributed by atoms with Crippen LogP contribution in [0.25, 0.3) is 0 Å². The van der Waals surface area contributed by atoms with E-state index in [0.29, 0.717) is 0 Å². The topological polar surface area (TPSA) is 12.4 Å². The van der Waals surface area contributed by atoms with Crippen molar-refractivity contribution in [1.29, 1.82) is 0 Å². The second-order valence-electron chi connectivity index (χ2n) is 2.65. The molecule has 1 aliphatic heterocycles. The summed E-state index contributed by atoms with van der Waals surface area (Å²) in [6.07, 6.45) is 6.30. The third-order valence-corrected chi connectivity index (χ3v) is 2.81. The Kier molecular flexibility index (Phi) is 4.22. The molecule has 0 N–H and O–H groups in total. The molecule has 0 aromatic rings. The maximum atomic E-state index is 4.28. The van der Waals surface area contributed by atoms with E-state index in [1.807, 2.05) is 0 Å². The van der Waals surface area contributed by atoms with E-state index in [4.69, 9.17) is 0 Å². The number of allylic oxidation sites excluding steroid dienone is 3. The van der Waals surface area contributed by atoms with Gasteiger partial charge in [0, 0.05) is 6.42 Å². The highest BCUT2D eigenvalue weighted by Gasteiger charge is 2.01. The molecule has 1 nitrogen and oxygen atoms in total. The summed E-state index contributed by atoms with van der Waals surface area (Å²) in [4.78, 5) is 4.28. The van der Waals surface area contributed by atoms with Gasteiger partial charge in [-0.25, -0.2) is 0 Å². The molecule has 1 rings (SSSR count). The Morgan fingerprint density at radius 1 is 1.50 bits per heavy atom. The quantitative estimate of drug-likeness (QED) is 0.697. The van der Waals surface area contributed by atoms with Crippen molar-refractivity contribution in [2.45, 2.75) is 19.8 Å². The molecular weight excluding hydrogens is 282 g/mol.